The molecule has 0 atom stereocenters. The molecule has 0 unspecified atom stereocenters. The Morgan fingerprint density at radius 1 is 1.21 bits per heavy atom. The minimum Gasteiger partial charge on any atom is -0.376 e. The van der Waals surface area contributed by atoms with Crippen molar-refractivity contribution >= 4 is 0 Å². The van der Waals surface area contributed by atoms with Crippen LogP contribution in [0.5, 0.6) is 0 Å². The van der Waals surface area contributed by atoms with Gasteiger partial charge in [0.05, 0.1) is 5.60 Å². The molecule has 14 heavy (non-hydrogen) atoms. The molecule has 0 aromatic heterocycles. The van der Waals surface area contributed by atoms with Gasteiger partial charge in [-0.2, -0.15) is 0 Å². The summed E-state index contributed by atoms with van der Waals surface area (Å²) >= 11 is 0. The van der Waals surface area contributed by atoms with E-state index in [0.29, 0.717) is 5.41 Å². The van der Waals surface area contributed by atoms with Crippen molar-refractivity contribution in [3.05, 3.63) is 0 Å². The average molecular weight is 199 g/mol. The summed E-state index contributed by atoms with van der Waals surface area (Å²) in [7, 11) is 0. The van der Waals surface area contributed by atoms with Crippen molar-refractivity contribution in [2.75, 3.05) is 13.2 Å². The molecular weight excluding hydrogens is 174 g/mol. The molecule has 2 nitrogen and oxygen atoms in total. The van der Waals surface area contributed by atoms with Crippen molar-refractivity contribution < 1.29 is 4.74 Å². The highest BCUT2D eigenvalue weighted by atomic mass is 16.5. The zero-order valence-electron chi connectivity index (χ0n) is 9.94. The van der Waals surface area contributed by atoms with Crippen LogP contribution in [0, 0.1) is 5.41 Å². The van der Waals surface area contributed by atoms with Crippen molar-refractivity contribution in [2.24, 2.45) is 11.1 Å². The van der Waals surface area contributed by atoms with Gasteiger partial charge >= 0.3 is 0 Å². The Hall–Kier alpha value is -0.0800. The summed E-state index contributed by atoms with van der Waals surface area (Å²) in [6, 6.07) is 0. The molecule has 2 heteroatoms. The Morgan fingerprint density at radius 2 is 1.79 bits per heavy atom. The highest BCUT2D eigenvalue weighted by Crippen LogP contribution is 2.40. The highest BCUT2D eigenvalue weighted by Gasteiger charge is 2.32. The third kappa shape index (κ3) is 3.58. The van der Waals surface area contributed by atoms with Gasteiger partial charge in [0, 0.05) is 6.61 Å². The van der Waals surface area contributed by atoms with Crippen LogP contribution in [0.2, 0.25) is 0 Å². The summed E-state index contributed by atoms with van der Waals surface area (Å²) in [6.45, 7) is 8.02. The van der Waals surface area contributed by atoms with Crippen molar-refractivity contribution in [1.82, 2.24) is 0 Å². The predicted molar refractivity (Wildman–Crippen MR) is 60.3 cm³/mol. The second-order valence-corrected chi connectivity index (χ2v) is 5.62. The van der Waals surface area contributed by atoms with Crippen LogP contribution in [0.25, 0.3) is 0 Å². The minimum absolute atomic E-state index is 0.00556. The van der Waals surface area contributed by atoms with Crippen molar-refractivity contribution in [2.45, 2.75) is 58.5 Å². The molecule has 0 aromatic rings. The fourth-order valence-electron chi connectivity index (χ4n) is 2.25. The van der Waals surface area contributed by atoms with Gasteiger partial charge in [0.15, 0.2) is 0 Å². The van der Waals surface area contributed by atoms with Crippen LogP contribution in [0.4, 0.5) is 0 Å². The van der Waals surface area contributed by atoms with E-state index in [1.165, 1.54) is 25.7 Å². The summed E-state index contributed by atoms with van der Waals surface area (Å²) in [4.78, 5) is 0. The molecule has 1 saturated carbocycles. The second kappa shape index (κ2) is 4.63. The lowest BCUT2D eigenvalue weighted by Gasteiger charge is -2.29. The Morgan fingerprint density at radius 3 is 2.21 bits per heavy atom. The smallest absolute Gasteiger partial charge is 0.0598 e. The molecule has 1 aliphatic carbocycles. The number of nitrogens with two attached hydrogens (primary N) is 1. The van der Waals surface area contributed by atoms with E-state index < -0.39 is 0 Å². The molecule has 1 rings (SSSR count). The van der Waals surface area contributed by atoms with Crippen LogP contribution in [0.1, 0.15) is 52.9 Å². The first kappa shape index (κ1) is 12.0. The molecule has 0 saturated heterocycles. The standard InChI is InChI=1S/C12H25NO/c1-11(2,3)14-9-8-12(10-13)6-4-5-7-12/h4-10,13H2,1-3H3. The van der Waals surface area contributed by atoms with E-state index in [1.807, 2.05) is 0 Å². The van der Waals surface area contributed by atoms with Gasteiger partial charge in [-0.05, 0) is 52.0 Å². The molecule has 0 aliphatic heterocycles. The lowest BCUT2D eigenvalue weighted by molar-refractivity contribution is -0.0175. The Labute approximate surface area is 88.2 Å². The Balaban J connectivity index is 2.28. The van der Waals surface area contributed by atoms with E-state index >= 15 is 0 Å². The molecule has 0 radical (unpaired) electrons. The van der Waals surface area contributed by atoms with E-state index in [-0.39, 0.29) is 5.60 Å². The number of ether oxygens (including phenoxy) is 1. The van der Waals surface area contributed by atoms with Crippen LogP contribution >= 0.6 is 0 Å². The van der Waals surface area contributed by atoms with Gasteiger partial charge < -0.3 is 10.5 Å². The molecule has 0 bridgehead atoms. The van der Waals surface area contributed by atoms with E-state index in [4.69, 9.17) is 10.5 Å². The fraction of sp³-hybridized carbons (Fsp3) is 1.00. The third-order valence-corrected chi connectivity index (χ3v) is 3.26. The maximum Gasteiger partial charge on any atom is 0.0598 e. The summed E-state index contributed by atoms with van der Waals surface area (Å²) in [5, 5.41) is 0. The monoisotopic (exact) mass is 199 g/mol. The topological polar surface area (TPSA) is 35.2 Å². The Kier molecular flexibility index (Phi) is 3.96. The van der Waals surface area contributed by atoms with Crippen LogP contribution in [0.15, 0.2) is 0 Å². The zero-order valence-corrected chi connectivity index (χ0v) is 9.94. The molecule has 0 aromatic carbocycles. The summed E-state index contributed by atoms with van der Waals surface area (Å²) in [5.41, 5.74) is 6.27. The highest BCUT2D eigenvalue weighted by molar-refractivity contribution is 4.85. The van der Waals surface area contributed by atoms with E-state index in [1.54, 1.807) is 0 Å². The van der Waals surface area contributed by atoms with Crippen LogP contribution in [-0.4, -0.2) is 18.8 Å². The molecule has 0 heterocycles. The predicted octanol–water partition coefficient (Wildman–Crippen LogP) is 2.71. The summed E-state index contributed by atoms with van der Waals surface area (Å²) < 4.78 is 5.76. The van der Waals surface area contributed by atoms with Gasteiger partial charge in [-0.3, -0.25) is 0 Å². The molecule has 0 spiro atoms. The van der Waals surface area contributed by atoms with Crippen molar-refractivity contribution in [3.8, 4) is 0 Å². The second-order valence-electron chi connectivity index (χ2n) is 5.62. The normalized spacial score (nSPS) is 21.4. The SMILES string of the molecule is CC(C)(C)OCCC1(CN)CCCC1. The van der Waals surface area contributed by atoms with Crippen molar-refractivity contribution in [1.29, 1.82) is 0 Å². The summed E-state index contributed by atoms with van der Waals surface area (Å²) in [5.74, 6) is 0. The first-order valence-corrected chi connectivity index (χ1v) is 5.82. The minimum atomic E-state index is -0.00556. The van der Waals surface area contributed by atoms with E-state index in [0.717, 1.165) is 19.6 Å². The van der Waals surface area contributed by atoms with Crippen LogP contribution in [-0.2, 0) is 4.74 Å². The third-order valence-electron chi connectivity index (χ3n) is 3.26. The van der Waals surface area contributed by atoms with Gasteiger partial charge in [-0.25, -0.2) is 0 Å². The molecule has 1 fully saturated rings. The van der Waals surface area contributed by atoms with E-state index in [9.17, 15) is 0 Å². The number of rotatable bonds is 4. The lowest BCUT2D eigenvalue weighted by atomic mass is 9.83. The average Bonchev–Trinajstić information content (AvgIpc) is 2.52. The van der Waals surface area contributed by atoms with Crippen LogP contribution in [0.3, 0.4) is 0 Å². The van der Waals surface area contributed by atoms with Crippen molar-refractivity contribution in [3.63, 3.8) is 0 Å². The summed E-state index contributed by atoms with van der Waals surface area (Å²) in [6.07, 6.45) is 6.45. The molecule has 2 N–H and O–H groups in total. The van der Waals surface area contributed by atoms with Gasteiger partial charge in [0.25, 0.3) is 0 Å². The van der Waals surface area contributed by atoms with E-state index in [2.05, 4.69) is 20.8 Å². The molecule has 0 amide bonds. The van der Waals surface area contributed by atoms with Gasteiger partial charge in [0.1, 0.15) is 0 Å². The zero-order chi connectivity index (χ0) is 10.7. The first-order chi connectivity index (χ1) is 6.47. The number of hydrogen-bond acceptors (Lipinski definition) is 2. The fourth-order valence-corrected chi connectivity index (χ4v) is 2.25. The lowest BCUT2D eigenvalue weighted by Crippen LogP contribution is -2.30. The molecule has 1 aliphatic rings. The maximum absolute atomic E-state index is 5.86. The molecule has 84 valence electrons. The quantitative estimate of drug-likeness (QED) is 0.755. The Bertz CT molecular complexity index is 166. The van der Waals surface area contributed by atoms with Gasteiger partial charge in [-0.15, -0.1) is 0 Å². The maximum atomic E-state index is 5.86. The number of hydrogen-bond donors (Lipinski definition) is 1. The largest absolute Gasteiger partial charge is 0.376 e. The first-order valence-electron chi connectivity index (χ1n) is 5.82. The van der Waals surface area contributed by atoms with Crippen LogP contribution < -0.4 is 5.73 Å². The van der Waals surface area contributed by atoms with Gasteiger partial charge in [-0.1, -0.05) is 12.8 Å². The molecular formula is C12H25NO. The van der Waals surface area contributed by atoms with Gasteiger partial charge in [0.2, 0.25) is 0 Å².